The van der Waals surface area contributed by atoms with Crippen molar-refractivity contribution in [2.45, 2.75) is 12.7 Å². The van der Waals surface area contributed by atoms with Gasteiger partial charge in [-0.05, 0) is 42.9 Å². The number of nitrogens with zero attached hydrogens (tertiary/aromatic N) is 1. The molecule has 0 heterocycles. The number of carbonyl (C=O) groups is 4. The van der Waals surface area contributed by atoms with Crippen LogP contribution in [0.1, 0.15) is 36.6 Å². The SMILES string of the molecule is COC(=O)c1cc(NC(=O)CN(C)Cc2ccc(C(=O)NCC(F)(F)F)cc2)cc(C(=O)OC)c1. The maximum atomic E-state index is 12.5. The third kappa shape index (κ3) is 8.74. The highest BCUT2D eigenvalue weighted by atomic mass is 19.4. The van der Waals surface area contributed by atoms with Crippen molar-refractivity contribution in [1.82, 2.24) is 10.2 Å². The molecule has 0 atom stereocenters. The molecular formula is C23H24F3N3O6. The second-order valence-electron chi connectivity index (χ2n) is 7.50. The average molecular weight is 495 g/mol. The van der Waals surface area contributed by atoms with E-state index in [9.17, 15) is 32.3 Å². The zero-order valence-corrected chi connectivity index (χ0v) is 19.2. The fourth-order valence-corrected chi connectivity index (χ4v) is 3.03. The number of carbonyl (C=O) groups excluding carboxylic acids is 4. The van der Waals surface area contributed by atoms with E-state index in [-0.39, 0.29) is 28.9 Å². The summed E-state index contributed by atoms with van der Waals surface area (Å²) in [5, 5.41) is 4.40. The number of alkyl halides is 3. The predicted octanol–water partition coefficient (Wildman–Crippen LogP) is 2.62. The van der Waals surface area contributed by atoms with E-state index in [0.29, 0.717) is 12.1 Å². The lowest BCUT2D eigenvalue weighted by molar-refractivity contribution is -0.123. The number of anilines is 1. The second-order valence-corrected chi connectivity index (χ2v) is 7.50. The minimum Gasteiger partial charge on any atom is -0.465 e. The molecule has 0 spiro atoms. The molecule has 2 N–H and O–H groups in total. The highest BCUT2D eigenvalue weighted by molar-refractivity contribution is 5.99. The lowest BCUT2D eigenvalue weighted by atomic mass is 10.1. The van der Waals surface area contributed by atoms with Crippen molar-refractivity contribution < 1.29 is 41.8 Å². The van der Waals surface area contributed by atoms with Gasteiger partial charge in [0, 0.05) is 17.8 Å². The van der Waals surface area contributed by atoms with Crippen molar-refractivity contribution in [2.75, 3.05) is 39.7 Å². The van der Waals surface area contributed by atoms with Crippen LogP contribution in [0, 0.1) is 0 Å². The van der Waals surface area contributed by atoms with E-state index < -0.39 is 36.5 Å². The van der Waals surface area contributed by atoms with Crippen LogP contribution in [0.5, 0.6) is 0 Å². The topological polar surface area (TPSA) is 114 Å². The third-order valence-electron chi connectivity index (χ3n) is 4.59. The number of hydrogen-bond acceptors (Lipinski definition) is 7. The molecule has 9 nitrogen and oxygen atoms in total. The molecule has 0 aliphatic carbocycles. The van der Waals surface area contributed by atoms with Crippen molar-refractivity contribution >= 4 is 29.4 Å². The quantitative estimate of drug-likeness (QED) is 0.514. The molecule has 35 heavy (non-hydrogen) atoms. The number of nitrogens with one attached hydrogen (secondary N) is 2. The molecule has 0 saturated carbocycles. The maximum Gasteiger partial charge on any atom is 0.405 e. The van der Waals surface area contributed by atoms with Crippen LogP contribution in [0.15, 0.2) is 42.5 Å². The first-order chi connectivity index (χ1) is 16.4. The Hall–Kier alpha value is -3.93. The van der Waals surface area contributed by atoms with Crippen molar-refractivity contribution in [3.8, 4) is 0 Å². The fourth-order valence-electron chi connectivity index (χ4n) is 3.03. The van der Waals surface area contributed by atoms with Gasteiger partial charge in [-0.15, -0.1) is 0 Å². The first-order valence-electron chi connectivity index (χ1n) is 10.2. The molecule has 188 valence electrons. The molecule has 0 aromatic heterocycles. The lowest BCUT2D eigenvalue weighted by Crippen LogP contribution is -2.33. The normalized spacial score (nSPS) is 11.1. The van der Waals surface area contributed by atoms with Crippen LogP contribution in [0.4, 0.5) is 18.9 Å². The zero-order chi connectivity index (χ0) is 26.2. The summed E-state index contributed by atoms with van der Waals surface area (Å²) in [6, 6.07) is 9.92. The lowest BCUT2D eigenvalue weighted by Gasteiger charge is -2.17. The summed E-state index contributed by atoms with van der Waals surface area (Å²) in [4.78, 5) is 49.7. The molecule has 12 heteroatoms. The summed E-state index contributed by atoms with van der Waals surface area (Å²) in [5.41, 5.74) is 1.09. The number of benzene rings is 2. The summed E-state index contributed by atoms with van der Waals surface area (Å²) in [5.74, 6) is -2.67. The number of amides is 2. The van der Waals surface area contributed by atoms with Gasteiger partial charge >= 0.3 is 18.1 Å². The Morgan fingerprint density at radius 2 is 1.43 bits per heavy atom. The van der Waals surface area contributed by atoms with Crippen molar-refractivity contribution in [3.05, 3.63) is 64.7 Å². The van der Waals surface area contributed by atoms with E-state index >= 15 is 0 Å². The molecular weight excluding hydrogens is 471 g/mol. The second kappa shape index (κ2) is 12.0. The average Bonchev–Trinajstić information content (AvgIpc) is 2.80. The Morgan fingerprint density at radius 3 is 1.91 bits per heavy atom. The zero-order valence-electron chi connectivity index (χ0n) is 19.2. The van der Waals surface area contributed by atoms with Gasteiger partial charge < -0.3 is 20.1 Å². The maximum absolute atomic E-state index is 12.5. The summed E-state index contributed by atoms with van der Waals surface area (Å²) in [6.07, 6.45) is -4.50. The van der Waals surface area contributed by atoms with Crippen LogP contribution in [0.25, 0.3) is 0 Å². The number of hydrogen-bond donors (Lipinski definition) is 2. The van der Waals surface area contributed by atoms with Gasteiger partial charge in [-0.2, -0.15) is 13.2 Å². The van der Waals surface area contributed by atoms with Crippen molar-refractivity contribution in [3.63, 3.8) is 0 Å². The smallest absolute Gasteiger partial charge is 0.405 e. The largest absolute Gasteiger partial charge is 0.465 e. The van der Waals surface area contributed by atoms with Gasteiger partial charge in [0.1, 0.15) is 6.54 Å². The standard InChI is InChI=1S/C23H24F3N3O6/c1-29(11-14-4-6-15(7-5-14)20(31)27-13-23(24,25)26)12-19(30)28-18-9-16(21(32)34-2)8-17(10-18)22(33)35-3/h4-10H,11-13H2,1-3H3,(H,27,31)(H,28,30). The minimum atomic E-state index is -4.50. The van der Waals surface area contributed by atoms with Crippen LogP contribution in [0.2, 0.25) is 0 Å². The Bertz CT molecular complexity index is 1050. The Labute approximate surface area is 199 Å². The predicted molar refractivity (Wildman–Crippen MR) is 119 cm³/mol. The number of likely N-dealkylation sites (N-methyl/N-ethyl adjacent to an activating group) is 1. The van der Waals surface area contributed by atoms with E-state index in [4.69, 9.17) is 0 Å². The van der Waals surface area contributed by atoms with Gasteiger partial charge in [-0.25, -0.2) is 9.59 Å². The third-order valence-corrected chi connectivity index (χ3v) is 4.59. The van der Waals surface area contributed by atoms with Gasteiger partial charge in [0.15, 0.2) is 0 Å². The molecule has 0 fully saturated rings. The number of rotatable bonds is 9. The molecule has 0 unspecified atom stereocenters. The van der Waals surface area contributed by atoms with Crippen LogP contribution < -0.4 is 10.6 Å². The Kier molecular flexibility index (Phi) is 9.34. The van der Waals surface area contributed by atoms with Crippen molar-refractivity contribution in [1.29, 1.82) is 0 Å². The van der Waals surface area contributed by atoms with Crippen LogP contribution in [0.3, 0.4) is 0 Å². The fraction of sp³-hybridized carbons (Fsp3) is 0.304. The summed E-state index contributed by atoms with van der Waals surface area (Å²) < 4.78 is 46.0. The first-order valence-corrected chi connectivity index (χ1v) is 10.2. The van der Waals surface area contributed by atoms with Gasteiger partial charge in [0.25, 0.3) is 5.91 Å². The Balaban J connectivity index is 1.98. The van der Waals surface area contributed by atoms with E-state index in [1.54, 1.807) is 29.4 Å². The monoisotopic (exact) mass is 495 g/mol. The first kappa shape index (κ1) is 27.3. The minimum absolute atomic E-state index is 0.0541. The van der Waals surface area contributed by atoms with E-state index in [1.165, 1.54) is 44.6 Å². The molecule has 0 radical (unpaired) electrons. The molecule has 0 aliphatic rings. The highest BCUT2D eigenvalue weighted by Gasteiger charge is 2.27. The molecule has 0 aliphatic heterocycles. The number of esters is 2. The molecule has 2 aromatic carbocycles. The van der Waals surface area contributed by atoms with Crippen LogP contribution >= 0.6 is 0 Å². The molecule has 2 aromatic rings. The molecule has 0 saturated heterocycles. The Morgan fingerprint density at radius 1 is 0.886 bits per heavy atom. The summed E-state index contributed by atoms with van der Waals surface area (Å²) in [6.45, 7) is -1.19. The van der Waals surface area contributed by atoms with Gasteiger partial charge in [0.2, 0.25) is 5.91 Å². The van der Waals surface area contributed by atoms with Gasteiger partial charge in [0.05, 0.1) is 31.9 Å². The van der Waals surface area contributed by atoms with Crippen LogP contribution in [-0.4, -0.2) is 69.2 Å². The van der Waals surface area contributed by atoms with E-state index in [0.717, 1.165) is 0 Å². The molecule has 2 amide bonds. The highest BCUT2D eigenvalue weighted by Crippen LogP contribution is 2.17. The number of methoxy groups -OCH3 is 2. The number of halogens is 3. The van der Waals surface area contributed by atoms with E-state index in [2.05, 4.69) is 14.8 Å². The summed E-state index contributed by atoms with van der Waals surface area (Å²) >= 11 is 0. The number of ether oxygens (including phenoxy) is 2. The van der Waals surface area contributed by atoms with Crippen LogP contribution in [-0.2, 0) is 20.8 Å². The van der Waals surface area contributed by atoms with E-state index in [1.807, 2.05) is 0 Å². The molecule has 0 bridgehead atoms. The van der Waals surface area contributed by atoms with Gasteiger partial charge in [-0.3, -0.25) is 14.5 Å². The molecule has 2 rings (SSSR count). The van der Waals surface area contributed by atoms with Gasteiger partial charge in [-0.1, -0.05) is 12.1 Å². The van der Waals surface area contributed by atoms with Crippen molar-refractivity contribution in [2.24, 2.45) is 0 Å². The summed E-state index contributed by atoms with van der Waals surface area (Å²) in [7, 11) is 4.03.